The van der Waals surface area contributed by atoms with E-state index in [1.165, 1.54) is 71.1 Å². The first-order chi connectivity index (χ1) is 27.8. The highest BCUT2D eigenvalue weighted by Crippen LogP contribution is 2.68. The first-order valence-electron chi connectivity index (χ1n) is 24.3. The average Bonchev–Trinajstić information content (AvgIpc) is 3.68. The summed E-state index contributed by atoms with van der Waals surface area (Å²) in [6, 6.07) is 0. The number of ether oxygens (including phenoxy) is 2. The van der Waals surface area contributed by atoms with Gasteiger partial charge in [-0.1, -0.05) is 77.8 Å². The van der Waals surface area contributed by atoms with Gasteiger partial charge in [-0.2, -0.15) is 0 Å². The van der Waals surface area contributed by atoms with Crippen LogP contribution < -0.4 is 0 Å². The molecular formula is C53H80O6. The molecule has 0 spiro atoms. The molecular weight excluding hydrogens is 733 g/mol. The average molecular weight is 813 g/mol. The lowest BCUT2D eigenvalue weighted by molar-refractivity contribution is -0.154. The van der Waals surface area contributed by atoms with Gasteiger partial charge >= 0.3 is 11.9 Å². The van der Waals surface area contributed by atoms with Crippen LogP contribution in [0.15, 0.2) is 34.9 Å². The quantitative estimate of drug-likeness (QED) is 0.170. The lowest BCUT2D eigenvalue weighted by Gasteiger charge is -2.57. The highest BCUT2D eigenvalue weighted by molar-refractivity contribution is 5.95. The maximum atomic E-state index is 13.0. The molecule has 0 amide bonds. The standard InChI is InChI=1S/C31H48O5.C22H32O/c1-19-12-14-30(5)23(16-19)10-11-24-25(30)13-15-31(6)26(24)17-27(29(31)21(3)32)36-28(34)9-7-8-20(2)18-35-22(4)33;1-14-9-11-21(3)16(13-14)5-6-17-19-8-7-18(15(2)23)22(19,4)12-10-20(17)21/h10,19-20,24-27,29H,7-9,11-18H2,1-6H3;5,7,14,17,19-20H,6,8-13H2,1-4H3/t19-,20-,24?,25?,26?,27?,29?,30-,31-;14-,17?,19?,20?,21-,22+/m00/s1. The number of hydrogen-bond donors (Lipinski definition) is 0. The van der Waals surface area contributed by atoms with Crippen molar-refractivity contribution in [2.45, 2.75) is 184 Å². The molecule has 5 fully saturated rings. The van der Waals surface area contributed by atoms with E-state index in [0.717, 1.165) is 61.3 Å². The van der Waals surface area contributed by atoms with Crippen LogP contribution in [0, 0.1) is 80.8 Å². The van der Waals surface area contributed by atoms with E-state index in [2.05, 4.69) is 59.8 Å². The van der Waals surface area contributed by atoms with Gasteiger partial charge in [-0.3, -0.25) is 19.2 Å². The maximum absolute atomic E-state index is 13.0. The summed E-state index contributed by atoms with van der Waals surface area (Å²) in [5.41, 5.74) is 5.46. The summed E-state index contributed by atoms with van der Waals surface area (Å²) in [5, 5.41) is 0. The van der Waals surface area contributed by atoms with Gasteiger partial charge in [0.05, 0.1) is 12.5 Å². The maximum Gasteiger partial charge on any atom is 0.306 e. The van der Waals surface area contributed by atoms with E-state index in [4.69, 9.17) is 9.47 Å². The van der Waals surface area contributed by atoms with Crippen molar-refractivity contribution in [2.24, 2.45) is 80.8 Å². The van der Waals surface area contributed by atoms with Gasteiger partial charge in [0.1, 0.15) is 11.9 Å². The third-order valence-corrected chi connectivity index (χ3v) is 19.0. The van der Waals surface area contributed by atoms with Crippen LogP contribution in [0.5, 0.6) is 0 Å². The molecule has 0 aliphatic heterocycles. The summed E-state index contributed by atoms with van der Waals surface area (Å²) >= 11 is 0. The second-order valence-electron chi connectivity index (χ2n) is 22.8. The van der Waals surface area contributed by atoms with E-state index >= 15 is 0 Å². The van der Waals surface area contributed by atoms with Crippen LogP contribution in [-0.2, 0) is 28.7 Å². The van der Waals surface area contributed by atoms with Gasteiger partial charge in [0.2, 0.25) is 0 Å². The molecule has 0 saturated heterocycles. The number of esters is 2. The largest absolute Gasteiger partial charge is 0.466 e. The third-order valence-electron chi connectivity index (χ3n) is 19.0. The zero-order chi connectivity index (χ0) is 42.7. The second kappa shape index (κ2) is 17.0. The lowest BCUT2D eigenvalue weighted by atomic mass is 9.47. The highest BCUT2D eigenvalue weighted by atomic mass is 16.5. The second-order valence-corrected chi connectivity index (χ2v) is 22.8. The van der Waals surface area contributed by atoms with E-state index in [1.807, 2.05) is 6.92 Å². The summed E-state index contributed by atoms with van der Waals surface area (Å²) in [4.78, 5) is 48.9. The van der Waals surface area contributed by atoms with Crippen LogP contribution in [0.1, 0.15) is 178 Å². The number of carbonyl (C=O) groups is 4. The van der Waals surface area contributed by atoms with Crippen molar-refractivity contribution in [1.29, 1.82) is 0 Å². The number of fused-ring (bicyclic) bond motifs is 10. The Hall–Kier alpha value is -2.50. The zero-order valence-electron chi connectivity index (χ0n) is 38.8. The molecule has 15 atom stereocenters. The Morgan fingerprint density at radius 3 is 1.83 bits per heavy atom. The third kappa shape index (κ3) is 8.16. The first kappa shape index (κ1) is 44.6. The van der Waals surface area contributed by atoms with Crippen molar-refractivity contribution in [3.05, 3.63) is 34.9 Å². The van der Waals surface area contributed by atoms with Crippen molar-refractivity contribution >= 4 is 23.5 Å². The number of allylic oxidation sites excluding steroid dienone is 6. The number of ketones is 2. The molecule has 8 unspecified atom stereocenters. The van der Waals surface area contributed by atoms with Crippen molar-refractivity contribution in [1.82, 2.24) is 0 Å². The molecule has 0 aromatic heterocycles. The number of hydrogen-bond acceptors (Lipinski definition) is 6. The Balaban J connectivity index is 0.000000196. The van der Waals surface area contributed by atoms with Gasteiger partial charge in [0.25, 0.3) is 0 Å². The van der Waals surface area contributed by atoms with Gasteiger partial charge < -0.3 is 9.47 Å². The SMILES string of the molecule is CC(=O)C1=CCC2C3CC=C4C[C@@H](C)CC[C@]4(C)C3CC[C@]12C.CC(=O)OC[C@@H](C)CCCC(=O)OC1CC2C3CC=C4C[C@@H](C)CC[C@]4(C)C3CC[C@]2(C)C1C(C)=O. The van der Waals surface area contributed by atoms with Crippen molar-refractivity contribution < 1.29 is 28.7 Å². The monoisotopic (exact) mass is 813 g/mol. The Bertz CT molecular complexity index is 1740. The molecule has 8 aliphatic carbocycles. The van der Waals surface area contributed by atoms with Gasteiger partial charge in [-0.15, -0.1) is 0 Å². The summed E-state index contributed by atoms with van der Waals surface area (Å²) < 4.78 is 11.2. The molecule has 8 aliphatic rings. The molecule has 0 N–H and O–H groups in total. The number of rotatable bonds is 9. The predicted molar refractivity (Wildman–Crippen MR) is 235 cm³/mol. The molecule has 0 radical (unpaired) electrons. The molecule has 6 heteroatoms. The normalized spacial score (nSPS) is 43.5. The molecule has 328 valence electrons. The van der Waals surface area contributed by atoms with Crippen LogP contribution in [0.3, 0.4) is 0 Å². The Morgan fingerprint density at radius 2 is 1.27 bits per heavy atom. The number of Topliss-reactive ketones (excluding diaryl/α,β-unsaturated/α-hetero) is 2. The smallest absolute Gasteiger partial charge is 0.306 e. The number of carbonyl (C=O) groups excluding carboxylic acids is 4. The van der Waals surface area contributed by atoms with Crippen LogP contribution >= 0.6 is 0 Å². The molecule has 8 rings (SSSR count). The summed E-state index contributed by atoms with van der Waals surface area (Å²) in [5.74, 6) is 5.76. The Kier molecular flexibility index (Phi) is 12.8. The van der Waals surface area contributed by atoms with Crippen LogP contribution in [0.2, 0.25) is 0 Å². The lowest BCUT2D eigenvalue weighted by Crippen LogP contribution is -2.50. The molecule has 0 aromatic carbocycles. The van der Waals surface area contributed by atoms with Crippen LogP contribution in [-0.4, -0.2) is 36.2 Å². The highest BCUT2D eigenvalue weighted by Gasteiger charge is 2.63. The van der Waals surface area contributed by atoms with Gasteiger partial charge in [-0.25, -0.2) is 0 Å². The topological polar surface area (TPSA) is 86.7 Å². The first-order valence-corrected chi connectivity index (χ1v) is 24.3. The Morgan fingerprint density at radius 1 is 0.712 bits per heavy atom. The molecule has 6 nitrogen and oxygen atoms in total. The Labute approximate surface area is 357 Å². The van der Waals surface area contributed by atoms with Crippen LogP contribution in [0.25, 0.3) is 0 Å². The van der Waals surface area contributed by atoms with E-state index in [-0.39, 0.29) is 46.5 Å². The van der Waals surface area contributed by atoms with Crippen molar-refractivity contribution in [2.75, 3.05) is 6.61 Å². The minimum absolute atomic E-state index is 0.0832. The van der Waals surface area contributed by atoms with E-state index < -0.39 is 0 Å². The van der Waals surface area contributed by atoms with Crippen molar-refractivity contribution in [3.63, 3.8) is 0 Å². The fourth-order valence-electron chi connectivity index (χ4n) is 15.8. The summed E-state index contributed by atoms with van der Waals surface area (Å²) in [7, 11) is 0. The minimum atomic E-state index is -0.299. The van der Waals surface area contributed by atoms with Crippen LogP contribution in [0.4, 0.5) is 0 Å². The fourth-order valence-corrected chi connectivity index (χ4v) is 15.8. The summed E-state index contributed by atoms with van der Waals surface area (Å²) in [6.07, 6.45) is 26.1. The van der Waals surface area contributed by atoms with Gasteiger partial charge in [-0.05, 0) is 197 Å². The van der Waals surface area contributed by atoms with E-state index in [1.54, 1.807) is 25.0 Å². The molecule has 0 aromatic rings. The van der Waals surface area contributed by atoms with E-state index in [0.29, 0.717) is 59.7 Å². The van der Waals surface area contributed by atoms with E-state index in [9.17, 15) is 19.2 Å². The van der Waals surface area contributed by atoms with Gasteiger partial charge in [0.15, 0.2) is 5.78 Å². The fraction of sp³-hybridized carbons (Fsp3) is 0.811. The molecule has 59 heavy (non-hydrogen) atoms. The zero-order valence-corrected chi connectivity index (χ0v) is 38.8. The molecule has 0 bridgehead atoms. The predicted octanol–water partition coefficient (Wildman–Crippen LogP) is 12.4. The van der Waals surface area contributed by atoms with Crippen molar-refractivity contribution in [3.8, 4) is 0 Å². The minimum Gasteiger partial charge on any atom is -0.466 e. The van der Waals surface area contributed by atoms with Gasteiger partial charge in [0, 0.05) is 13.3 Å². The molecule has 5 saturated carbocycles. The molecule has 0 heterocycles. The summed E-state index contributed by atoms with van der Waals surface area (Å²) in [6.45, 7) is 21.9.